The molecule has 0 aliphatic heterocycles. The first-order valence-electron chi connectivity index (χ1n) is 4.92. The zero-order valence-electron chi connectivity index (χ0n) is 8.99. The second-order valence-electron chi connectivity index (χ2n) is 3.33. The van der Waals surface area contributed by atoms with Gasteiger partial charge in [-0.25, -0.2) is 4.79 Å². The maximum absolute atomic E-state index is 10.6. The van der Waals surface area contributed by atoms with Gasteiger partial charge in [-0.3, -0.25) is 4.79 Å². The van der Waals surface area contributed by atoms with Gasteiger partial charge in [0.2, 0.25) is 5.91 Å². The van der Waals surface area contributed by atoms with Crippen LogP contribution in [0, 0.1) is 0 Å². The van der Waals surface area contributed by atoms with Crippen molar-refractivity contribution in [3.05, 3.63) is 29.6 Å². The summed E-state index contributed by atoms with van der Waals surface area (Å²) in [7, 11) is 0. The van der Waals surface area contributed by atoms with E-state index in [1.165, 1.54) is 6.92 Å². The Kier molecular flexibility index (Phi) is 4.32. The lowest BCUT2D eigenvalue weighted by molar-refractivity contribution is -0.118. The summed E-state index contributed by atoms with van der Waals surface area (Å²) in [6, 6.07) is 1.55. The van der Waals surface area contributed by atoms with Crippen molar-refractivity contribution in [2.24, 2.45) is 0 Å². The highest BCUT2D eigenvalue weighted by molar-refractivity contribution is 5.86. The van der Waals surface area contributed by atoms with Crippen molar-refractivity contribution in [3.8, 4) is 0 Å². The number of carbonyl (C=O) groups excluding carboxylic acids is 1. The van der Waals surface area contributed by atoms with Crippen LogP contribution in [0.25, 0.3) is 6.08 Å². The summed E-state index contributed by atoms with van der Waals surface area (Å²) >= 11 is 0. The lowest BCUT2D eigenvalue weighted by atomic mass is 10.2. The number of hydrogen-bond acceptors (Lipinski definition) is 2. The summed E-state index contributed by atoms with van der Waals surface area (Å²) in [6.07, 6.45) is 6.03. The van der Waals surface area contributed by atoms with Gasteiger partial charge in [-0.1, -0.05) is 12.2 Å². The molecule has 86 valence electrons. The number of amides is 1. The molecular weight excluding hydrogens is 208 g/mol. The minimum absolute atomic E-state index is 0.0526. The number of carboxylic acid groups (broad SMARTS) is 1. The van der Waals surface area contributed by atoms with Crippen molar-refractivity contribution in [3.63, 3.8) is 0 Å². The van der Waals surface area contributed by atoms with Crippen LogP contribution >= 0.6 is 0 Å². The number of rotatable bonds is 5. The Bertz CT molecular complexity index is 407. The molecule has 3 N–H and O–H groups in total. The van der Waals surface area contributed by atoms with Crippen LogP contribution in [0.2, 0.25) is 0 Å². The minimum atomic E-state index is -0.974. The molecule has 0 unspecified atom stereocenters. The van der Waals surface area contributed by atoms with E-state index in [4.69, 9.17) is 5.11 Å². The van der Waals surface area contributed by atoms with Gasteiger partial charge in [0, 0.05) is 19.7 Å². The van der Waals surface area contributed by atoms with E-state index in [1.807, 2.05) is 12.2 Å². The molecule has 5 heteroatoms. The molecule has 1 heterocycles. The summed E-state index contributed by atoms with van der Waals surface area (Å²) < 4.78 is 0. The molecule has 0 atom stereocenters. The van der Waals surface area contributed by atoms with Crippen LogP contribution in [0.5, 0.6) is 0 Å². The molecule has 0 aliphatic carbocycles. The van der Waals surface area contributed by atoms with Crippen LogP contribution < -0.4 is 5.32 Å². The average molecular weight is 222 g/mol. The molecule has 1 amide bonds. The number of aromatic amines is 1. The van der Waals surface area contributed by atoms with Crippen molar-refractivity contribution in [2.45, 2.75) is 13.3 Å². The Morgan fingerprint density at radius 3 is 2.88 bits per heavy atom. The Morgan fingerprint density at radius 2 is 2.31 bits per heavy atom. The molecule has 16 heavy (non-hydrogen) atoms. The van der Waals surface area contributed by atoms with Gasteiger partial charge in [0.25, 0.3) is 0 Å². The van der Waals surface area contributed by atoms with Gasteiger partial charge in [0.05, 0.1) is 0 Å². The van der Waals surface area contributed by atoms with Gasteiger partial charge < -0.3 is 15.4 Å². The SMILES string of the molecule is CC(=O)NCCC=Cc1c[nH]c(C(=O)O)c1. The average Bonchev–Trinajstić information content (AvgIpc) is 2.65. The Labute approximate surface area is 93.2 Å². The number of nitrogens with one attached hydrogen (secondary N) is 2. The lowest BCUT2D eigenvalue weighted by Gasteiger charge is -1.95. The molecular formula is C11H14N2O3. The molecule has 0 aliphatic rings. The van der Waals surface area contributed by atoms with E-state index in [-0.39, 0.29) is 11.6 Å². The predicted octanol–water partition coefficient (Wildman–Crippen LogP) is 1.25. The fourth-order valence-electron chi connectivity index (χ4n) is 1.18. The van der Waals surface area contributed by atoms with Gasteiger partial charge in [0.15, 0.2) is 0 Å². The van der Waals surface area contributed by atoms with Crippen molar-refractivity contribution in [1.82, 2.24) is 10.3 Å². The highest BCUT2D eigenvalue weighted by Gasteiger charge is 2.03. The Balaban J connectivity index is 2.38. The summed E-state index contributed by atoms with van der Waals surface area (Å²) in [5, 5.41) is 11.3. The third-order valence-electron chi connectivity index (χ3n) is 1.93. The molecule has 0 fully saturated rings. The summed E-state index contributed by atoms with van der Waals surface area (Å²) in [5.41, 5.74) is 0.974. The monoisotopic (exact) mass is 222 g/mol. The third kappa shape index (κ3) is 4.00. The van der Waals surface area contributed by atoms with Gasteiger partial charge in [-0.2, -0.15) is 0 Å². The standard InChI is InChI=1S/C11H14N2O3/c1-8(14)12-5-3-2-4-9-6-10(11(15)16)13-7-9/h2,4,6-7,13H,3,5H2,1H3,(H,12,14)(H,15,16). The number of hydrogen-bond donors (Lipinski definition) is 3. The molecule has 1 rings (SSSR count). The van der Waals surface area contributed by atoms with E-state index in [0.29, 0.717) is 13.0 Å². The van der Waals surface area contributed by atoms with E-state index >= 15 is 0 Å². The quantitative estimate of drug-likeness (QED) is 0.656. The molecule has 0 radical (unpaired) electrons. The van der Waals surface area contributed by atoms with Crippen molar-refractivity contribution >= 4 is 18.0 Å². The van der Waals surface area contributed by atoms with Crippen LogP contribution in [0.3, 0.4) is 0 Å². The number of H-pyrrole nitrogens is 1. The molecule has 0 saturated carbocycles. The third-order valence-corrected chi connectivity index (χ3v) is 1.93. The van der Waals surface area contributed by atoms with E-state index in [2.05, 4.69) is 10.3 Å². The molecule has 0 saturated heterocycles. The van der Waals surface area contributed by atoms with Crippen molar-refractivity contribution in [2.75, 3.05) is 6.54 Å². The van der Waals surface area contributed by atoms with Crippen molar-refractivity contribution < 1.29 is 14.7 Å². The van der Waals surface area contributed by atoms with Crippen LogP contribution in [0.15, 0.2) is 18.3 Å². The number of carboxylic acids is 1. The molecule has 0 bridgehead atoms. The summed E-state index contributed by atoms with van der Waals surface area (Å²) in [5.74, 6) is -1.03. The summed E-state index contributed by atoms with van der Waals surface area (Å²) in [4.78, 5) is 23.8. The van der Waals surface area contributed by atoms with E-state index in [9.17, 15) is 9.59 Å². The molecule has 5 nitrogen and oxygen atoms in total. The van der Waals surface area contributed by atoms with Gasteiger partial charge in [0.1, 0.15) is 5.69 Å². The van der Waals surface area contributed by atoms with Crippen LogP contribution in [0.4, 0.5) is 0 Å². The van der Waals surface area contributed by atoms with E-state index < -0.39 is 5.97 Å². The molecule has 0 spiro atoms. The zero-order valence-corrected chi connectivity index (χ0v) is 8.99. The highest BCUT2D eigenvalue weighted by atomic mass is 16.4. The maximum Gasteiger partial charge on any atom is 0.352 e. The van der Waals surface area contributed by atoms with Crippen LogP contribution in [-0.4, -0.2) is 28.5 Å². The largest absolute Gasteiger partial charge is 0.477 e. The normalized spacial score (nSPS) is 10.6. The van der Waals surface area contributed by atoms with Crippen molar-refractivity contribution in [1.29, 1.82) is 0 Å². The predicted molar refractivity (Wildman–Crippen MR) is 60.1 cm³/mol. The van der Waals surface area contributed by atoms with E-state index in [0.717, 1.165) is 5.56 Å². The maximum atomic E-state index is 10.6. The van der Waals surface area contributed by atoms with Crippen LogP contribution in [-0.2, 0) is 4.79 Å². The van der Waals surface area contributed by atoms with E-state index in [1.54, 1.807) is 12.3 Å². The minimum Gasteiger partial charge on any atom is -0.477 e. The number of aromatic carboxylic acids is 1. The Hall–Kier alpha value is -2.04. The Morgan fingerprint density at radius 1 is 1.56 bits per heavy atom. The highest BCUT2D eigenvalue weighted by Crippen LogP contribution is 2.05. The smallest absolute Gasteiger partial charge is 0.352 e. The zero-order chi connectivity index (χ0) is 12.0. The first-order chi connectivity index (χ1) is 7.59. The molecule has 1 aromatic heterocycles. The topological polar surface area (TPSA) is 82.2 Å². The van der Waals surface area contributed by atoms with Gasteiger partial charge >= 0.3 is 5.97 Å². The number of aromatic nitrogens is 1. The van der Waals surface area contributed by atoms with Gasteiger partial charge in [-0.15, -0.1) is 0 Å². The first-order valence-corrected chi connectivity index (χ1v) is 4.92. The lowest BCUT2D eigenvalue weighted by Crippen LogP contribution is -2.20. The second kappa shape index (κ2) is 5.75. The first kappa shape index (κ1) is 12.0. The fraction of sp³-hybridized carbons (Fsp3) is 0.273. The summed E-state index contributed by atoms with van der Waals surface area (Å²) in [6.45, 7) is 2.05. The van der Waals surface area contributed by atoms with Crippen LogP contribution in [0.1, 0.15) is 29.4 Å². The number of carbonyl (C=O) groups is 2. The second-order valence-corrected chi connectivity index (χ2v) is 3.33. The molecule has 0 aromatic carbocycles. The van der Waals surface area contributed by atoms with Gasteiger partial charge in [-0.05, 0) is 18.1 Å². The molecule has 1 aromatic rings. The fourth-order valence-corrected chi connectivity index (χ4v) is 1.18.